The van der Waals surface area contributed by atoms with Gasteiger partial charge in [0, 0.05) is 29.1 Å². The molecule has 0 fully saturated rings. The standard InChI is InChI=1S/C35H35FN4O3/c1-20(24-8-6-5-7-9-24)10-17-32(41)40-33-21(2)31(37-23(33)4)19-29-28-18-26(13-16-30(28)39-35(29)43)34(42)38-22(3)25-11-14-27(36)15-12-25/h5-18,20,22,29,37H,19H2,1-4H3,(H,38,42)(H,39,43)(H,40,41)/b17-10+. The topological polar surface area (TPSA) is 103 Å². The quantitative estimate of drug-likeness (QED) is 0.164. The minimum Gasteiger partial charge on any atom is -0.360 e. The van der Waals surface area contributed by atoms with E-state index in [-0.39, 0.29) is 35.5 Å². The summed E-state index contributed by atoms with van der Waals surface area (Å²) in [4.78, 5) is 42.2. The Labute approximate surface area is 250 Å². The second kappa shape index (κ2) is 12.5. The third-order valence-electron chi connectivity index (χ3n) is 8.04. The second-order valence-corrected chi connectivity index (χ2v) is 11.1. The molecule has 8 heteroatoms. The van der Waals surface area contributed by atoms with E-state index in [1.807, 2.05) is 64.1 Å². The predicted octanol–water partition coefficient (Wildman–Crippen LogP) is 6.84. The number of rotatable bonds is 9. The minimum atomic E-state index is -0.510. The molecule has 3 amide bonds. The van der Waals surface area contributed by atoms with Crippen molar-refractivity contribution in [1.29, 1.82) is 0 Å². The summed E-state index contributed by atoms with van der Waals surface area (Å²) < 4.78 is 13.3. The summed E-state index contributed by atoms with van der Waals surface area (Å²) in [6, 6.07) is 20.8. The molecule has 0 saturated heterocycles. The molecule has 3 atom stereocenters. The van der Waals surface area contributed by atoms with E-state index in [1.165, 1.54) is 12.1 Å². The molecule has 0 radical (unpaired) electrons. The number of aryl methyl sites for hydroxylation is 1. The van der Waals surface area contributed by atoms with E-state index >= 15 is 0 Å². The molecular weight excluding hydrogens is 543 g/mol. The van der Waals surface area contributed by atoms with Crippen LogP contribution in [0.15, 0.2) is 84.9 Å². The second-order valence-electron chi connectivity index (χ2n) is 11.1. The largest absolute Gasteiger partial charge is 0.360 e. The fourth-order valence-electron chi connectivity index (χ4n) is 5.46. The highest BCUT2D eigenvalue weighted by atomic mass is 19.1. The number of aromatic nitrogens is 1. The lowest BCUT2D eigenvalue weighted by Gasteiger charge is -2.15. The van der Waals surface area contributed by atoms with Gasteiger partial charge in [-0.1, -0.05) is 55.5 Å². The van der Waals surface area contributed by atoms with E-state index in [4.69, 9.17) is 0 Å². The molecule has 0 aliphatic carbocycles. The van der Waals surface area contributed by atoms with Gasteiger partial charge in [-0.15, -0.1) is 0 Å². The summed E-state index contributed by atoms with van der Waals surface area (Å²) >= 11 is 0. The normalized spacial score (nSPS) is 15.6. The van der Waals surface area contributed by atoms with Crippen LogP contribution >= 0.6 is 0 Å². The Bertz CT molecular complexity index is 1690. The molecule has 3 unspecified atom stereocenters. The Morgan fingerprint density at radius 3 is 2.42 bits per heavy atom. The summed E-state index contributed by atoms with van der Waals surface area (Å²) in [5, 5.41) is 8.85. The number of fused-ring (bicyclic) bond motifs is 1. The molecule has 4 aromatic rings. The monoisotopic (exact) mass is 578 g/mol. The molecular formula is C35H35FN4O3. The Hall–Kier alpha value is -4.98. The molecule has 1 aliphatic heterocycles. The predicted molar refractivity (Wildman–Crippen MR) is 167 cm³/mol. The Kier molecular flexibility index (Phi) is 8.57. The Morgan fingerprint density at radius 2 is 1.70 bits per heavy atom. The zero-order chi connectivity index (χ0) is 30.7. The van der Waals surface area contributed by atoms with Crippen LogP contribution in [-0.2, 0) is 16.0 Å². The highest BCUT2D eigenvalue weighted by Crippen LogP contribution is 2.37. The van der Waals surface area contributed by atoms with E-state index in [2.05, 4.69) is 20.9 Å². The number of H-pyrrole nitrogens is 1. The van der Waals surface area contributed by atoms with Gasteiger partial charge in [0.25, 0.3) is 5.91 Å². The highest BCUT2D eigenvalue weighted by molar-refractivity contribution is 6.05. The third kappa shape index (κ3) is 6.59. The summed E-state index contributed by atoms with van der Waals surface area (Å²) in [5.74, 6) is -1.42. The molecule has 2 heterocycles. The first kappa shape index (κ1) is 29.5. The number of amides is 3. The number of carbonyl (C=O) groups excluding carboxylic acids is 3. The first-order valence-corrected chi connectivity index (χ1v) is 14.3. The van der Waals surface area contributed by atoms with E-state index in [9.17, 15) is 18.8 Å². The first-order valence-electron chi connectivity index (χ1n) is 14.3. The maximum atomic E-state index is 13.3. The number of aromatic amines is 1. The zero-order valence-corrected chi connectivity index (χ0v) is 24.6. The molecule has 1 aromatic heterocycles. The lowest BCUT2D eigenvalue weighted by atomic mass is 9.93. The molecule has 43 heavy (non-hydrogen) atoms. The molecule has 5 rings (SSSR count). The van der Waals surface area contributed by atoms with Crippen molar-refractivity contribution in [3.05, 3.63) is 130 Å². The van der Waals surface area contributed by atoms with Crippen LogP contribution in [0.25, 0.3) is 0 Å². The summed E-state index contributed by atoms with van der Waals surface area (Å²) in [6.45, 7) is 7.67. The SMILES string of the molecule is Cc1[nH]c(CC2C(=O)Nc3ccc(C(=O)NC(C)c4ccc(F)cc4)cc32)c(C)c1NC(=O)/C=C/C(C)c1ccccc1. The first-order chi connectivity index (χ1) is 20.6. The maximum Gasteiger partial charge on any atom is 0.251 e. The molecule has 1 aliphatic rings. The van der Waals surface area contributed by atoms with Crippen LogP contribution in [-0.4, -0.2) is 22.7 Å². The molecule has 0 saturated carbocycles. The molecule has 220 valence electrons. The number of anilines is 2. The lowest BCUT2D eigenvalue weighted by Crippen LogP contribution is -2.26. The van der Waals surface area contributed by atoms with Gasteiger partial charge < -0.3 is 20.9 Å². The van der Waals surface area contributed by atoms with Crippen molar-refractivity contribution >= 4 is 29.1 Å². The van der Waals surface area contributed by atoms with Crippen LogP contribution < -0.4 is 16.0 Å². The number of allylic oxidation sites excluding steroid dienone is 1. The maximum absolute atomic E-state index is 13.3. The van der Waals surface area contributed by atoms with E-state index < -0.39 is 5.92 Å². The number of halogens is 1. The smallest absolute Gasteiger partial charge is 0.251 e. The summed E-state index contributed by atoms with van der Waals surface area (Å²) in [7, 11) is 0. The molecule has 3 aromatic carbocycles. The van der Waals surface area contributed by atoms with E-state index in [0.29, 0.717) is 23.4 Å². The molecule has 4 N–H and O–H groups in total. The Morgan fingerprint density at radius 1 is 0.977 bits per heavy atom. The van der Waals surface area contributed by atoms with Gasteiger partial charge in [0.1, 0.15) is 5.82 Å². The number of nitrogens with one attached hydrogen (secondary N) is 4. The van der Waals surface area contributed by atoms with Crippen molar-refractivity contribution in [3.8, 4) is 0 Å². The Balaban J connectivity index is 1.28. The number of carbonyl (C=O) groups is 3. The van der Waals surface area contributed by atoms with Gasteiger partial charge in [0.15, 0.2) is 0 Å². The minimum absolute atomic E-state index is 0.0926. The van der Waals surface area contributed by atoms with Gasteiger partial charge in [-0.3, -0.25) is 14.4 Å². The van der Waals surface area contributed by atoms with Gasteiger partial charge in [-0.25, -0.2) is 4.39 Å². The zero-order valence-electron chi connectivity index (χ0n) is 24.6. The fraction of sp³-hybridized carbons (Fsp3) is 0.229. The van der Waals surface area contributed by atoms with Gasteiger partial charge in [0.05, 0.1) is 17.6 Å². The van der Waals surface area contributed by atoms with Crippen molar-refractivity contribution in [3.63, 3.8) is 0 Å². The van der Waals surface area contributed by atoms with Gasteiger partial charge in [0.2, 0.25) is 11.8 Å². The third-order valence-corrected chi connectivity index (χ3v) is 8.04. The van der Waals surface area contributed by atoms with E-state index in [0.717, 1.165) is 33.6 Å². The van der Waals surface area contributed by atoms with Crippen LogP contribution in [0.4, 0.5) is 15.8 Å². The van der Waals surface area contributed by atoms with Crippen molar-refractivity contribution in [1.82, 2.24) is 10.3 Å². The average molecular weight is 579 g/mol. The van der Waals surface area contributed by atoms with Crippen molar-refractivity contribution < 1.29 is 18.8 Å². The lowest BCUT2D eigenvalue weighted by molar-refractivity contribution is -0.117. The average Bonchev–Trinajstić information content (AvgIpc) is 3.45. The molecule has 7 nitrogen and oxygen atoms in total. The van der Waals surface area contributed by atoms with Crippen LogP contribution in [0, 0.1) is 19.7 Å². The van der Waals surface area contributed by atoms with Gasteiger partial charge in [-0.05, 0) is 85.4 Å². The van der Waals surface area contributed by atoms with Crippen molar-refractivity contribution in [2.75, 3.05) is 10.6 Å². The number of hydrogen-bond donors (Lipinski definition) is 4. The van der Waals surface area contributed by atoms with Crippen molar-refractivity contribution in [2.24, 2.45) is 0 Å². The number of benzene rings is 3. The van der Waals surface area contributed by atoms with E-state index in [1.54, 1.807) is 36.4 Å². The number of hydrogen-bond acceptors (Lipinski definition) is 3. The van der Waals surface area contributed by atoms with Crippen LogP contribution in [0.2, 0.25) is 0 Å². The fourth-order valence-corrected chi connectivity index (χ4v) is 5.46. The summed E-state index contributed by atoms with van der Waals surface area (Å²) in [5.41, 5.74) is 6.94. The highest BCUT2D eigenvalue weighted by Gasteiger charge is 2.33. The summed E-state index contributed by atoms with van der Waals surface area (Å²) in [6.07, 6.45) is 3.80. The molecule has 0 spiro atoms. The van der Waals surface area contributed by atoms with Crippen LogP contribution in [0.5, 0.6) is 0 Å². The van der Waals surface area contributed by atoms with Gasteiger partial charge in [-0.2, -0.15) is 0 Å². The van der Waals surface area contributed by atoms with Crippen LogP contribution in [0.1, 0.15) is 75.7 Å². The van der Waals surface area contributed by atoms with Crippen molar-refractivity contribution in [2.45, 2.75) is 52.0 Å². The van der Waals surface area contributed by atoms with Crippen LogP contribution in [0.3, 0.4) is 0 Å². The molecule has 0 bridgehead atoms. The van der Waals surface area contributed by atoms with Gasteiger partial charge >= 0.3 is 0 Å².